The van der Waals surface area contributed by atoms with Gasteiger partial charge in [0.15, 0.2) is 11.5 Å². The number of methoxy groups -OCH3 is 4. The minimum absolute atomic E-state index is 0.134. The van der Waals surface area contributed by atoms with Gasteiger partial charge in [-0.2, -0.15) is 0 Å². The molecule has 44 heavy (non-hydrogen) atoms. The van der Waals surface area contributed by atoms with E-state index in [-0.39, 0.29) is 34.7 Å². The minimum Gasteiger partial charge on any atom is -0.493 e. The van der Waals surface area contributed by atoms with Gasteiger partial charge >= 0.3 is 0 Å². The number of hydrogen-bond donors (Lipinski definition) is 3. The van der Waals surface area contributed by atoms with Crippen molar-refractivity contribution in [2.24, 2.45) is 5.92 Å². The van der Waals surface area contributed by atoms with Crippen molar-refractivity contribution in [1.82, 2.24) is 10.3 Å². The molecule has 2 aromatic carbocycles. The highest BCUT2D eigenvalue weighted by Gasteiger charge is 2.30. The molecule has 11 heteroatoms. The highest BCUT2D eigenvalue weighted by Crippen LogP contribution is 2.50. The van der Waals surface area contributed by atoms with Crippen LogP contribution in [-0.2, 0) is 16.0 Å². The van der Waals surface area contributed by atoms with Crippen LogP contribution in [0.3, 0.4) is 0 Å². The normalized spacial score (nSPS) is 14.9. The van der Waals surface area contributed by atoms with Crippen molar-refractivity contribution in [1.29, 1.82) is 0 Å². The summed E-state index contributed by atoms with van der Waals surface area (Å²) in [6, 6.07) is 9.12. The van der Waals surface area contributed by atoms with Crippen LogP contribution in [-0.4, -0.2) is 51.3 Å². The molecule has 0 saturated carbocycles. The van der Waals surface area contributed by atoms with E-state index in [9.17, 15) is 14.4 Å². The summed E-state index contributed by atoms with van der Waals surface area (Å²) in [5.41, 5.74) is 3.33. The van der Waals surface area contributed by atoms with Crippen molar-refractivity contribution in [3.63, 3.8) is 0 Å². The number of rotatable bonds is 11. The molecule has 0 fully saturated rings. The van der Waals surface area contributed by atoms with E-state index in [0.717, 1.165) is 11.1 Å². The molecule has 1 heterocycles. The number of amides is 2. The van der Waals surface area contributed by atoms with Gasteiger partial charge in [-0.25, -0.2) is 4.98 Å². The molecule has 11 nitrogen and oxygen atoms in total. The number of ether oxygens (including phenoxy) is 4. The van der Waals surface area contributed by atoms with E-state index in [2.05, 4.69) is 20.9 Å². The highest BCUT2D eigenvalue weighted by atomic mass is 16.5. The van der Waals surface area contributed by atoms with E-state index >= 15 is 0 Å². The lowest BCUT2D eigenvalue weighted by atomic mass is 9.95. The van der Waals surface area contributed by atoms with Crippen molar-refractivity contribution in [2.45, 2.75) is 52.1 Å². The number of carbonyl (C=O) groups is 2. The van der Waals surface area contributed by atoms with E-state index in [1.165, 1.54) is 27.2 Å². The summed E-state index contributed by atoms with van der Waals surface area (Å²) in [5, 5.41) is 9.11. The molecule has 0 bridgehead atoms. The number of aryl methyl sites for hydroxylation is 1. The topological polar surface area (TPSA) is 137 Å². The number of hydrogen-bond acceptors (Lipinski definition) is 9. The van der Waals surface area contributed by atoms with Gasteiger partial charge in [-0.3, -0.25) is 14.4 Å². The zero-order chi connectivity index (χ0) is 32.0. The molecule has 0 spiro atoms. The van der Waals surface area contributed by atoms with E-state index in [1.807, 2.05) is 26.0 Å². The Morgan fingerprint density at radius 1 is 1.00 bits per heavy atom. The Balaban J connectivity index is 1.86. The van der Waals surface area contributed by atoms with Crippen LogP contribution >= 0.6 is 0 Å². The first-order valence-electron chi connectivity index (χ1n) is 14.5. The van der Waals surface area contributed by atoms with Crippen LogP contribution in [0.1, 0.15) is 50.8 Å². The smallest absolute Gasteiger partial charge is 0.247 e. The van der Waals surface area contributed by atoms with E-state index in [4.69, 9.17) is 18.9 Å². The molecular formula is C33H40N4O7. The number of fused-ring (bicyclic) bond motifs is 3. The first-order valence-corrected chi connectivity index (χ1v) is 14.5. The number of aromatic nitrogens is 1. The van der Waals surface area contributed by atoms with Gasteiger partial charge in [0.05, 0.1) is 40.2 Å². The second kappa shape index (κ2) is 14.1. The van der Waals surface area contributed by atoms with Gasteiger partial charge in [0.1, 0.15) is 11.7 Å². The van der Waals surface area contributed by atoms with E-state index < -0.39 is 12.1 Å². The molecule has 2 amide bonds. The van der Waals surface area contributed by atoms with Crippen LogP contribution in [0.25, 0.3) is 11.1 Å². The second-order valence-corrected chi connectivity index (χ2v) is 10.7. The zero-order valence-electron chi connectivity index (χ0n) is 26.2. The molecule has 3 atom stereocenters. The Hall–Kier alpha value is -4.80. The third kappa shape index (κ3) is 6.56. The van der Waals surface area contributed by atoms with E-state index in [1.54, 1.807) is 38.6 Å². The molecule has 3 N–H and O–H groups in total. The average molecular weight is 605 g/mol. The maximum absolute atomic E-state index is 13.8. The molecule has 1 aliphatic rings. The first-order chi connectivity index (χ1) is 21.2. The monoisotopic (exact) mass is 604 g/mol. The lowest BCUT2D eigenvalue weighted by Crippen LogP contribution is -2.40. The number of carbonyl (C=O) groups excluding carboxylic acids is 2. The number of nitrogens with zero attached hydrogens (tertiary/aromatic N) is 1. The Morgan fingerprint density at radius 2 is 1.75 bits per heavy atom. The van der Waals surface area contributed by atoms with Gasteiger partial charge in [-0.1, -0.05) is 26.3 Å². The fourth-order valence-corrected chi connectivity index (χ4v) is 5.56. The quantitative estimate of drug-likeness (QED) is 0.284. The third-order valence-electron chi connectivity index (χ3n) is 7.94. The molecule has 0 aliphatic heterocycles. The van der Waals surface area contributed by atoms with Crippen LogP contribution in [0, 0.1) is 5.92 Å². The molecule has 0 radical (unpaired) electrons. The van der Waals surface area contributed by atoms with Crippen molar-refractivity contribution in [3.05, 3.63) is 63.9 Å². The SMILES string of the molecule is CC[C@@H](C)[C@H](Nc1ccc2c(cc1=O)[C@@H](NC(C)=O)CCc1cc(OC)c(OC)c(OC)c1-2)C(=O)Nc1cccnc1OC. The number of pyridine rings is 1. The number of benzene rings is 1. The fourth-order valence-electron chi connectivity index (χ4n) is 5.56. The lowest BCUT2D eigenvalue weighted by molar-refractivity contribution is -0.120. The molecule has 1 aliphatic carbocycles. The van der Waals surface area contributed by atoms with Gasteiger partial charge in [-0.15, -0.1) is 0 Å². The predicted molar refractivity (Wildman–Crippen MR) is 169 cm³/mol. The van der Waals surface area contributed by atoms with E-state index in [0.29, 0.717) is 53.3 Å². The summed E-state index contributed by atoms with van der Waals surface area (Å²) in [4.78, 5) is 43.8. The molecular weight excluding hydrogens is 564 g/mol. The van der Waals surface area contributed by atoms with Crippen molar-refractivity contribution >= 4 is 23.2 Å². The summed E-state index contributed by atoms with van der Waals surface area (Å²) in [6.45, 7) is 5.37. The fraction of sp³-hybridized carbons (Fsp3) is 0.394. The van der Waals surface area contributed by atoms with Crippen LogP contribution < -0.4 is 40.3 Å². The number of nitrogens with one attached hydrogen (secondary N) is 3. The van der Waals surface area contributed by atoms with Gasteiger partial charge < -0.3 is 34.9 Å². The summed E-state index contributed by atoms with van der Waals surface area (Å²) in [5.74, 6) is 0.995. The van der Waals surface area contributed by atoms with Gasteiger partial charge in [-0.05, 0) is 65.8 Å². The van der Waals surface area contributed by atoms with Crippen molar-refractivity contribution < 1.29 is 28.5 Å². The first kappa shape index (κ1) is 32.1. The Kier molecular flexibility index (Phi) is 10.3. The molecule has 234 valence electrons. The number of anilines is 2. The van der Waals surface area contributed by atoms with Crippen LogP contribution in [0.15, 0.2) is 47.4 Å². The Bertz CT molecular complexity index is 1590. The molecule has 1 aromatic heterocycles. The van der Waals surface area contributed by atoms with Gasteiger partial charge in [0, 0.05) is 18.7 Å². The lowest BCUT2D eigenvalue weighted by Gasteiger charge is -2.24. The molecule has 0 saturated heterocycles. The third-order valence-corrected chi connectivity index (χ3v) is 7.94. The van der Waals surface area contributed by atoms with Crippen molar-refractivity contribution in [2.75, 3.05) is 39.1 Å². The summed E-state index contributed by atoms with van der Waals surface area (Å²) < 4.78 is 22.4. The van der Waals surface area contributed by atoms with Crippen molar-refractivity contribution in [3.8, 4) is 34.3 Å². The van der Waals surface area contributed by atoms with Gasteiger partial charge in [0.25, 0.3) is 0 Å². The predicted octanol–water partition coefficient (Wildman–Crippen LogP) is 4.73. The maximum atomic E-state index is 13.8. The largest absolute Gasteiger partial charge is 0.493 e. The van der Waals surface area contributed by atoms with Crippen LogP contribution in [0.2, 0.25) is 0 Å². The second-order valence-electron chi connectivity index (χ2n) is 10.7. The Labute approximate surface area is 257 Å². The summed E-state index contributed by atoms with van der Waals surface area (Å²) in [7, 11) is 6.13. The molecule has 4 rings (SSSR count). The molecule has 3 aromatic rings. The molecule has 0 unspecified atom stereocenters. The van der Waals surface area contributed by atoms with Crippen LogP contribution in [0.4, 0.5) is 11.4 Å². The van der Waals surface area contributed by atoms with Gasteiger partial charge in [0.2, 0.25) is 28.9 Å². The maximum Gasteiger partial charge on any atom is 0.247 e. The zero-order valence-corrected chi connectivity index (χ0v) is 26.2. The summed E-state index contributed by atoms with van der Waals surface area (Å²) in [6.07, 6.45) is 3.37. The van der Waals surface area contributed by atoms with Crippen LogP contribution in [0.5, 0.6) is 23.1 Å². The minimum atomic E-state index is -0.753. The standard InChI is InChI=1S/C33H40N4O7/c1-8-18(2)29(32(40)37-25-10-9-15-34-33(25)44-7)36-24-14-12-21-22(17-26(24)39)23(35-19(3)38)13-11-20-16-27(41-4)30(42-5)31(43-6)28(20)21/h9-10,12,14-18,23,29H,8,11,13H2,1-7H3,(H,35,38)(H,36,39)(H,37,40)/t18-,23+,29+/m1/s1. The average Bonchev–Trinajstić information content (AvgIpc) is 3.26. The highest BCUT2D eigenvalue weighted by molar-refractivity contribution is 5.97. The Morgan fingerprint density at radius 3 is 2.39 bits per heavy atom. The summed E-state index contributed by atoms with van der Waals surface area (Å²) >= 11 is 0.